The lowest BCUT2D eigenvalue weighted by atomic mass is 9.96. The number of rotatable bonds is 8. The molecule has 1 atom stereocenters. The normalized spacial score (nSPS) is 12.3. The van der Waals surface area contributed by atoms with Gasteiger partial charge < -0.3 is 16.0 Å². The fourth-order valence-corrected chi connectivity index (χ4v) is 2.23. The van der Waals surface area contributed by atoms with Crippen LogP contribution in [-0.2, 0) is 9.59 Å². The van der Waals surface area contributed by atoms with Gasteiger partial charge in [-0.1, -0.05) is 26.0 Å². The number of nitrogens with one attached hydrogen (secondary N) is 3. The molecule has 128 valence electrons. The monoisotopic (exact) mass is 323 g/mol. The highest BCUT2D eigenvalue weighted by Crippen LogP contribution is 2.21. The quantitative estimate of drug-likeness (QED) is 0.683. The van der Waals surface area contributed by atoms with Crippen LogP contribution < -0.4 is 16.0 Å². The maximum Gasteiger partial charge on any atom is 0.239 e. The Morgan fingerprint density at radius 1 is 1.00 bits per heavy atom. The van der Waals surface area contributed by atoms with E-state index in [1.54, 1.807) is 12.1 Å². The molecular weight excluding hydrogens is 297 g/mol. The molecule has 0 unspecified atom stereocenters. The Morgan fingerprint density at radius 2 is 1.61 bits per heavy atom. The summed E-state index contributed by atoms with van der Waals surface area (Å²) in [5.74, 6) is -0.522. The molecule has 1 aromatic carbocycles. The smallest absolute Gasteiger partial charge is 0.239 e. The summed E-state index contributed by atoms with van der Waals surface area (Å²) >= 11 is 0. The number of amides is 2. The van der Waals surface area contributed by atoms with Gasteiger partial charge in [-0.15, -0.1) is 0 Å². The highest BCUT2D eigenvalue weighted by atomic mass is 19.1. The lowest BCUT2D eigenvalue weighted by molar-refractivity contribution is -0.126. The Labute approximate surface area is 137 Å². The molecule has 0 spiro atoms. The Kier molecular flexibility index (Phi) is 7.68. The molecule has 5 nitrogen and oxygen atoms in total. The summed E-state index contributed by atoms with van der Waals surface area (Å²) in [4.78, 5) is 23.3. The Balaban J connectivity index is 2.48. The molecule has 1 aromatic rings. The summed E-state index contributed by atoms with van der Waals surface area (Å²) in [6.07, 6.45) is 0. The van der Waals surface area contributed by atoms with E-state index >= 15 is 0 Å². The van der Waals surface area contributed by atoms with Crippen molar-refractivity contribution in [3.05, 3.63) is 35.6 Å². The van der Waals surface area contributed by atoms with Gasteiger partial charge in [0.05, 0.1) is 13.1 Å². The van der Waals surface area contributed by atoms with Crippen molar-refractivity contribution in [1.29, 1.82) is 0 Å². The predicted molar refractivity (Wildman–Crippen MR) is 88.3 cm³/mol. The Bertz CT molecular complexity index is 515. The van der Waals surface area contributed by atoms with E-state index in [1.165, 1.54) is 12.1 Å². The van der Waals surface area contributed by atoms with E-state index in [4.69, 9.17) is 0 Å². The summed E-state index contributed by atoms with van der Waals surface area (Å²) in [5.41, 5.74) is 0.923. The first-order valence-corrected chi connectivity index (χ1v) is 7.84. The molecule has 0 bridgehead atoms. The van der Waals surface area contributed by atoms with Crippen molar-refractivity contribution >= 4 is 11.8 Å². The number of hydrogen-bond acceptors (Lipinski definition) is 3. The van der Waals surface area contributed by atoms with E-state index in [-0.39, 0.29) is 48.7 Å². The predicted octanol–water partition coefficient (Wildman–Crippen LogP) is 1.75. The van der Waals surface area contributed by atoms with Crippen LogP contribution in [0, 0.1) is 11.7 Å². The summed E-state index contributed by atoms with van der Waals surface area (Å²) in [6, 6.07) is 6.21. The lowest BCUT2D eigenvalue weighted by Crippen LogP contribution is -2.43. The van der Waals surface area contributed by atoms with E-state index in [0.717, 1.165) is 5.56 Å². The lowest BCUT2D eigenvalue weighted by Gasteiger charge is -2.22. The number of benzene rings is 1. The van der Waals surface area contributed by atoms with Crippen molar-refractivity contribution in [2.75, 3.05) is 13.1 Å². The minimum Gasteiger partial charge on any atom is -0.352 e. The van der Waals surface area contributed by atoms with Crippen molar-refractivity contribution in [2.24, 2.45) is 5.92 Å². The van der Waals surface area contributed by atoms with Gasteiger partial charge in [0, 0.05) is 12.1 Å². The standard InChI is InChI=1S/C17H26FN3O2/c1-11(2)17(13-5-7-14(18)8-6-13)20-9-15(22)19-10-16(23)21-12(3)4/h5-8,11-12,17,20H,9-10H2,1-4H3,(H,19,22)(H,21,23)/t17-/m1/s1. The average molecular weight is 323 g/mol. The Morgan fingerprint density at radius 3 is 2.13 bits per heavy atom. The van der Waals surface area contributed by atoms with E-state index < -0.39 is 0 Å². The number of carbonyl (C=O) groups is 2. The largest absolute Gasteiger partial charge is 0.352 e. The minimum atomic E-state index is -0.287. The van der Waals surface area contributed by atoms with Gasteiger partial charge in [0.1, 0.15) is 5.82 Å². The molecule has 0 aliphatic carbocycles. The first-order valence-electron chi connectivity index (χ1n) is 7.84. The van der Waals surface area contributed by atoms with Crippen LogP contribution >= 0.6 is 0 Å². The molecule has 1 rings (SSSR count). The summed E-state index contributed by atoms with van der Waals surface area (Å²) in [6.45, 7) is 7.81. The zero-order valence-corrected chi connectivity index (χ0v) is 14.2. The maximum absolute atomic E-state index is 13.0. The first-order chi connectivity index (χ1) is 10.8. The third kappa shape index (κ3) is 7.23. The van der Waals surface area contributed by atoms with Gasteiger partial charge in [-0.25, -0.2) is 4.39 Å². The molecule has 0 saturated heterocycles. The molecular formula is C17H26FN3O2. The van der Waals surface area contributed by atoms with Gasteiger partial charge in [-0.05, 0) is 37.5 Å². The van der Waals surface area contributed by atoms with Crippen molar-refractivity contribution in [3.8, 4) is 0 Å². The van der Waals surface area contributed by atoms with Gasteiger partial charge in [0.2, 0.25) is 11.8 Å². The van der Waals surface area contributed by atoms with Gasteiger partial charge in [-0.3, -0.25) is 9.59 Å². The van der Waals surface area contributed by atoms with Crippen LogP contribution in [-0.4, -0.2) is 30.9 Å². The molecule has 0 aliphatic rings. The second-order valence-electron chi connectivity index (χ2n) is 6.15. The number of carbonyl (C=O) groups excluding carboxylic acids is 2. The number of halogens is 1. The third-order valence-electron chi connectivity index (χ3n) is 3.27. The van der Waals surface area contributed by atoms with Gasteiger partial charge in [0.25, 0.3) is 0 Å². The zero-order valence-electron chi connectivity index (χ0n) is 14.2. The van der Waals surface area contributed by atoms with Gasteiger partial charge in [-0.2, -0.15) is 0 Å². The highest BCUT2D eigenvalue weighted by Gasteiger charge is 2.17. The molecule has 0 saturated carbocycles. The van der Waals surface area contributed by atoms with Crippen molar-refractivity contribution in [2.45, 2.75) is 39.8 Å². The topological polar surface area (TPSA) is 70.2 Å². The first kappa shape index (κ1) is 19.1. The van der Waals surface area contributed by atoms with Crippen LogP contribution in [0.3, 0.4) is 0 Å². The number of hydrogen-bond donors (Lipinski definition) is 3. The van der Waals surface area contributed by atoms with Crippen molar-refractivity contribution in [1.82, 2.24) is 16.0 Å². The van der Waals surface area contributed by atoms with Crippen molar-refractivity contribution in [3.63, 3.8) is 0 Å². The third-order valence-corrected chi connectivity index (χ3v) is 3.27. The molecule has 2 amide bonds. The summed E-state index contributed by atoms with van der Waals surface area (Å²) in [5, 5.41) is 8.42. The average Bonchev–Trinajstić information content (AvgIpc) is 2.46. The Hall–Kier alpha value is -1.95. The van der Waals surface area contributed by atoms with Gasteiger partial charge in [0.15, 0.2) is 0 Å². The van der Waals surface area contributed by atoms with Crippen LogP contribution in [0.2, 0.25) is 0 Å². The fourth-order valence-electron chi connectivity index (χ4n) is 2.23. The second kappa shape index (κ2) is 9.25. The second-order valence-corrected chi connectivity index (χ2v) is 6.15. The van der Waals surface area contributed by atoms with Crippen LogP contribution in [0.25, 0.3) is 0 Å². The van der Waals surface area contributed by atoms with Crippen LogP contribution in [0.5, 0.6) is 0 Å². The van der Waals surface area contributed by atoms with Crippen LogP contribution in [0.15, 0.2) is 24.3 Å². The molecule has 0 aromatic heterocycles. The molecule has 0 heterocycles. The summed E-state index contributed by atoms with van der Waals surface area (Å²) < 4.78 is 13.0. The highest BCUT2D eigenvalue weighted by molar-refractivity contribution is 5.85. The van der Waals surface area contributed by atoms with Gasteiger partial charge >= 0.3 is 0 Å². The van der Waals surface area contributed by atoms with Crippen LogP contribution in [0.1, 0.15) is 39.3 Å². The molecule has 0 radical (unpaired) electrons. The van der Waals surface area contributed by atoms with Crippen LogP contribution in [0.4, 0.5) is 4.39 Å². The van der Waals surface area contributed by atoms with E-state index in [1.807, 2.05) is 27.7 Å². The zero-order chi connectivity index (χ0) is 17.4. The molecule has 0 aliphatic heterocycles. The van der Waals surface area contributed by atoms with E-state index in [9.17, 15) is 14.0 Å². The molecule has 3 N–H and O–H groups in total. The summed E-state index contributed by atoms with van der Waals surface area (Å²) in [7, 11) is 0. The maximum atomic E-state index is 13.0. The van der Waals surface area contributed by atoms with E-state index in [0.29, 0.717) is 0 Å². The molecule has 0 fully saturated rings. The molecule has 6 heteroatoms. The van der Waals surface area contributed by atoms with E-state index in [2.05, 4.69) is 16.0 Å². The SMILES string of the molecule is CC(C)NC(=O)CNC(=O)CN[C@@H](c1ccc(F)cc1)C(C)C. The molecule has 23 heavy (non-hydrogen) atoms. The van der Waals surface area contributed by atoms with Crippen molar-refractivity contribution < 1.29 is 14.0 Å². The fraction of sp³-hybridized carbons (Fsp3) is 0.529. The minimum absolute atomic E-state index is 0.0401.